The van der Waals surface area contributed by atoms with Gasteiger partial charge < -0.3 is 14.8 Å². The molecule has 12 heteroatoms. The molecular formula is C29H31N5O5S2. The number of thioether (sulfide) groups is 1. The van der Waals surface area contributed by atoms with Crippen LogP contribution < -0.4 is 14.8 Å². The number of amides is 1. The summed E-state index contributed by atoms with van der Waals surface area (Å²) in [6.45, 7) is 1.39. The second-order valence-electron chi connectivity index (χ2n) is 9.37. The molecule has 1 amide bonds. The molecule has 1 aromatic heterocycles. The lowest BCUT2D eigenvalue weighted by molar-refractivity contribution is -0.118. The van der Waals surface area contributed by atoms with Crippen LogP contribution in [0.2, 0.25) is 0 Å². The van der Waals surface area contributed by atoms with Crippen LogP contribution in [0.25, 0.3) is 17.1 Å². The predicted molar refractivity (Wildman–Crippen MR) is 157 cm³/mol. The SMILES string of the molecule is COc1ccc(CNC(=O)CSc2nnc(-c3cccc(S(=O)(=O)N4CCCC4)c3)n2-c2ccccc2)cc1OC. The highest BCUT2D eigenvalue weighted by molar-refractivity contribution is 7.99. The number of nitrogens with zero attached hydrogens (tertiary/aromatic N) is 4. The van der Waals surface area contributed by atoms with E-state index in [4.69, 9.17) is 9.47 Å². The quantitative estimate of drug-likeness (QED) is 0.258. The number of hydrogen-bond acceptors (Lipinski definition) is 8. The minimum Gasteiger partial charge on any atom is -0.493 e. The summed E-state index contributed by atoms with van der Waals surface area (Å²) in [4.78, 5) is 13.0. The van der Waals surface area contributed by atoms with E-state index in [1.807, 2.05) is 53.1 Å². The summed E-state index contributed by atoms with van der Waals surface area (Å²) in [5, 5.41) is 12.2. The van der Waals surface area contributed by atoms with E-state index in [1.165, 1.54) is 16.1 Å². The first-order valence-electron chi connectivity index (χ1n) is 13.1. The number of aromatic nitrogens is 3. The maximum atomic E-state index is 13.2. The van der Waals surface area contributed by atoms with Gasteiger partial charge in [0.05, 0.1) is 24.9 Å². The number of nitrogens with one attached hydrogen (secondary N) is 1. The van der Waals surface area contributed by atoms with Gasteiger partial charge >= 0.3 is 0 Å². The number of ether oxygens (including phenoxy) is 2. The highest BCUT2D eigenvalue weighted by Gasteiger charge is 2.28. The maximum Gasteiger partial charge on any atom is 0.243 e. The first kappa shape index (κ1) is 28.7. The molecule has 5 rings (SSSR count). The molecule has 10 nitrogen and oxygen atoms in total. The molecule has 0 atom stereocenters. The maximum absolute atomic E-state index is 13.2. The molecule has 4 aromatic rings. The average molecular weight is 594 g/mol. The van der Waals surface area contributed by atoms with Crippen LogP contribution >= 0.6 is 11.8 Å². The number of para-hydroxylation sites is 1. The molecule has 1 fully saturated rings. The summed E-state index contributed by atoms with van der Waals surface area (Å²) in [6.07, 6.45) is 1.73. The van der Waals surface area contributed by atoms with Crippen molar-refractivity contribution in [1.82, 2.24) is 24.4 Å². The Hall–Kier alpha value is -3.87. The first-order valence-corrected chi connectivity index (χ1v) is 15.5. The zero-order valence-electron chi connectivity index (χ0n) is 22.8. The average Bonchev–Trinajstić information content (AvgIpc) is 3.71. The molecule has 0 bridgehead atoms. The molecule has 0 aliphatic carbocycles. The predicted octanol–water partition coefficient (Wildman–Crippen LogP) is 4.14. The summed E-state index contributed by atoms with van der Waals surface area (Å²) in [7, 11) is -0.457. The van der Waals surface area contributed by atoms with Gasteiger partial charge in [0, 0.05) is 30.9 Å². The molecule has 0 saturated carbocycles. The van der Waals surface area contributed by atoms with E-state index >= 15 is 0 Å². The van der Waals surface area contributed by atoms with Gasteiger partial charge in [-0.3, -0.25) is 9.36 Å². The lowest BCUT2D eigenvalue weighted by Crippen LogP contribution is -2.27. The van der Waals surface area contributed by atoms with Gasteiger partial charge in [0.2, 0.25) is 15.9 Å². The van der Waals surface area contributed by atoms with Crippen molar-refractivity contribution in [2.75, 3.05) is 33.1 Å². The van der Waals surface area contributed by atoms with Crippen LogP contribution in [-0.4, -0.2) is 66.5 Å². The molecule has 3 aromatic carbocycles. The van der Waals surface area contributed by atoms with Crippen LogP contribution in [0.1, 0.15) is 18.4 Å². The molecule has 0 spiro atoms. The van der Waals surface area contributed by atoms with E-state index in [0.29, 0.717) is 47.7 Å². The van der Waals surface area contributed by atoms with E-state index in [9.17, 15) is 13.2 Å². The second kappa shape index (κ2) is 12.8. The number of carbonyl (C=O) groups is 1. The van der Waals surface area contributed by atoms with E-state index in [1.54, 1.807) is 38.5 Å². The Morgan fingerprint density at radius 2 is 1.68 bits per heavy atom. The fourth-order valence-electron chi connectivity index (χ4n) is 4.61. The molecular weight excluding hydrogens is 562 g/mol. The zero-order chi connectivity index (χ0) is 28.8. The van der Waals surface area contributed by atoms with E-state index in [0.717, 1.165) is 24.1 Å². The van der Waals surface area contributed by atoms with Gasteiger partial charge in [-0.1, -0.05) is 48.2 Å². The Kier molecular flexibility index (Phi) is 8.91. The molecule has 0 unspecified atom stereocenters. The largest absolute Gasteiger partial charge is 0.493 e. The Morgan fingerprint density at radius 1 is 0.927 bits per heavy atom. The summed E-state index contributed by atoms with van der Waals surface area (Å²) in [5.74, 6) is 1.64. The minimum atomic E-state index is -3.60. The standard InChI is InChI=1S/C29H31N5O5S2/c1-38-25-14-13-21(17-26(25)39-2)19-30-27(35)20-40-29-32-31-28(34(29)23-10-4-3-5-11-23)22-9-8-12-24(18-22)41(36,37)33-15-6-7-16-33/h3-5,8-14,17-18H,6-7,15-16,19-20H2,1-2H3,(H,30,35). The molecule has 41 heavy (non-hydrogen) atoms. The van der Waals surface area contributed by atoms with E-state index in [-0.39, 0.29) is 16.6 Å². The summed E-state index contributed by atoms with van der Waals surface area (Å²) in [5.41, 5.74) is 2.29. The third kappa shape index (κ3) is 6.39. The third-order valence-corrected chi connectivity index (χ3v) is 9.54. The monoisotopic (exact) mass is 593 g/mol. The van der Waals surface area contributed by atoms with Crippen molar-refractivity contribution in [3.05, 3.63) is 78.4 Å². The summed E-state index contributed by atoms with van der Waals surface area (Å²) >= 11 is 1.25. The topological polar surface area (TPSA) is 116 Å². The van der Waals surface area contributed by atoms with E-state index < -0.39 is 10.0 Å². The zero-order valence-corrected chi connectivity index (χ0v) is 24.5. The van der Waals surface area contributed by atoms with E-state index in [2.05, 4.69) is 15.5 Å². The van der Waals surface area contributed by atoms with Crippen molar-refractivity contribution in [3.8, 4) is 28.6 Å². The Bertz CT molecular complexity index is 1620. The Morgan fingerprint density at radius 3 is 2.41 bits per heavy atom. The van der Waals surface area contributed by atoms with Gasteiger partial charge in [-0.25, -0.2) is 8.42 Å². The van der Waals surface area contributed by atoms with Gasteiger partial charge in [-0.2, -0.15) is 4.31 Å². The van der Waals surface area contributed by atoms with Gasteiger partial charge in [-0.05, 0) is 54.8 Å². The summed E-state index contributed by atoms with van der Waals surface area (Å²) < 4.78 is 40.4. The smallest absolute Gasteiger partial charge is 0.243 e. The number of sulfonamides is 1. The highest BCUT2D eigenvalue weighted by Crippen LogP contribution is 2.31. The number of hydrogen-bond donors (Lipinski definition) is 1. The van der Waals surface area contributed by atoms with Crippen molar-refractivity contribution in [2.24, 2.45) is 0 Å². The minimum absolute atomic E-state index is 0.113. The van der Waals surface area contributed by atoms with Crippen LogP contribution in [0.3, 0.4) is 0 Å². The van der Waals surface area contributed by atoms with Gasteiger partial charge in [0.1, 0.15) is 0 Å². The molecule has 1 saturated heterocycles. The molecule has 214 valence electrons. The van der Waals surface area contributed by atoms with Crippen LogP contribution in [0.5, 0.6) is 11.5 Å². The van der Waals surface area contributed by atoms with Crippen molar-refractivity contribution in [1.29, 1.82) is 0 Å². The third-order valence-electron chi connectivity index (χ3n) is 6.71. The normalized spacial score (nSPS) is 13.7. The van der Waals surface area contributed by atoms with Crippen LogP contribution in [-0.2, 0) is 21.4 Å². The fraction of sp³-hybridized carbons (Fsp3) is 0.276. The lowest BCUT2D eigenvalue weighted by Gasteiger charge is -2.16. The van der Waals surface area contributed by atoms with Gasteiger partial charge in [-0.15, -0.1) is 10.2 Å². The summed E-state index contributed by atoms with van der Waals surface area (Å²) in [6, 6.07) is 21.8. The van der Waals surface area contributed by atoms with Crippen molar-refractivity contribution in [3.63, 3.8) is 0 Å². The molecule has 1 aliphatic heterocycles. The second-order valence-corrected chi connectivity index (χ2v) is 12.3. The molecule has 1 aliphatic rings. The molecule has 2 heterocycles. The van der Waals surface area contributed by atoms with Crippen molar-refractivity contribution in [2.45, 2.75) is 29.4 Å². The number of benzene rings is 3. The number of methoxy groups -OCH3 is 2. The van der Waals surface area contributed by atoms with Crippen LogP contribution in [0.4, 0.5) is 0 Å². The van der Waals surface area contributed by atoms with Gasteiger partial charge in [0.25, 0.3) is 0 Å². The van der Waals surface area contributed by atoms with Crippen LogP contribution in [0.15, 0.2) is 82.8 Å². The molecule has 1 N–H and O–H groups in total. The molecule has 0 radical (unpaired) electrons. The van der Waals surface area contributed by atoms with Crippen molar-refractivity contribution >= 4 is 27.7 Å². The van der Waals surface area contributed by atoms with Crippen LogP contribution in [0, 0.1) is 0 Å². The fourth-order valence-corrected chi connectivity index (χ4v) is 6.95. The van der Waals surface area contributed by atoms with Crippen molar-refractivity contribution < 1.29 is 22.7 Å². The number of rotatable bonds is 11. The number of carbonyl (C=O) groups excluding carboxylic acids is 1. The first-order chi connectivity index (χ1) is 19.9. The van der Waals surface area contributed by atoms with Gasteiger partial charge in [0.15, 0.2) is 22.5 Å². The highest BCUT2D eigenvalue weighted by atomic mass is 32.2. The lowest BCUT2D eigenvalue weighted by atomic mass is 10.2. The Labute approximate surface area is 243 Å². The Balaban J connectivity index is 1.35.